The number of piperidine rings is 1. The van der Waals surface area contributed by atoms with Crippen LogP contribution in [0.5, 0.6) is 0 Å². The van der Waals surface area contributed by atoms with Gasteiger partial charge in [0, 0.05) is 43.4 Å². The predicted molar refractivity (Wildman–Crippen MR) is 143 cm³/mol. The number of carboxylic acid groups (broad SMARTS) is 1. The number of pyridine rings is 1. The molecule has 0 amide bonds. The SMILES string of the molecule is Cn1nc(N2CCC(C=Cc3c(-c4c(Cl)cccc4Cl)noc3C3CC3)CC2)c2ncc(C(=O)O)cc21. The number of carbonyl (C=O) groups is 1. The van der Waals surface area contributed by atoms with Crippen molar-refractivity contribution in [1.82, 2.24) is 19.9 Å². The Bertz CT molecular complexity index is 1510. The van der Waals surface area contributed by atoms with E-state index in [-0.39, 0.29) is 5.56 Å². The van der Waals surface area contributed by atoms with Crippen LogP contribution in [0.1, 0.15) is 53.3 Å². The van der Waals surface area contributed by atoms with Crippen molar-refractivity contribution in [2.75, 3.05) is 18.0 Å². The highest BCUT2D eigenvalue weighted by atomic mass is 35.5. The van der Waals surface area contributed by atoms with Crippen LogP contribution in [0.4, 0.5) is 5.82 Å². The monoisotopic (exact) mass is 537 g/mol. The van der Waals surface area contributed by atoms with Crippen LogP contribution in [-0.4, -0.2) is 44.1 Å². The highest BCUT2D eigenvalue weighted by molar-refractivity contribution is 6.39. The molecule has 6 rings (SSSR count). The van der Waals surface area contributed by atoms with Crippen LogP contribution in [0.25, 0.3) is 28.4 Å². The van der Waals surface area contributed by atoms with Crippen LogP contribution in [0.3, 0.4) is 0 Å². The molecule has 4 aromatic rings. The van der Waals surface area contributed by atoms with Gasteiger partial charge in [-0.1, -0.05) is 46.6 Å². The second-order valence-electron chi connectivity index (χ2n) is 9.71. The number of carboxylic acids is 1. The summed E-state index contributed by atoms with van der Waals surface area (Å²) in [6.45, 7) is 1.65. The summed E-state index contributed by atoms with van der Waals surface area (Å²) in [6, 6.07) is 7.08. The van der Waals surface area contributed by atoms with Gasteiger partial charge in [-0.25, -0.2) is 9.78 Å². The number of aromatic nitrogens is 4. The number of rotatable bonds is 6. The van der Waals surface area contributed by atoms with Gasteiger partial charge in [0.2, 0.25) is 0 Å². The number of fused-ring (bicyclic) bond motifs is 1. The van der Waals surface area contributed by atoms with E-state index in [9.17, 15) is 9.90 Å². The molecule has 0 unspecified atom stereocenters. The first-order valence-corrected chi connectivity index (χ1v) is 13.1. The number of aromatic carboxylic acids is 1. The molecular formula is C27H25Cl2N5O3. The molecule has 1 saturated heterocycles. The fraction of sp³-hybridized carbons (Fsp3) is 0.333. The van der Waals surface area contributed by atoms with E-state index in [1.54, 1.807) is 10.7 Å². The number of aryl methyl sites for hydroxylation is 1. The first-order valence-electron chi connectivity index (χ1n) is 12.3. The zero-order valence-corrected chi connectivity index (χ0v) is 21.7. The molecule has 2 aliphatic rings. The zero-order chi connectivity index (χ0) is 25.7. The first-order chi connectivity index (χ1) is 17.9. The number of anilines is 1. The van der Waals surface area contributed by atoms with Crippen molar-refractivity contribution in [3.8, 4) is 11.3 Å². The van der Waals surface area contributed by atoms with Gasteiger partial charge in [-0.05, 0) is 49.8 Å². The molecule has 2 fully saturated rings. The maximum atomic E-state index is 11.3. The number of allylic oxidation sites excluding steroid dienone is 1. The van der Waals surface area contributed by atoms with Crippen molar-refractivity contribution in [2.24, 2.45) is 13.0 Å². The van der Waals surface area contributed by atoms with Crippen LogP contribution in [-0.2, 0) is 7.05 Å². The Hall–Kier alpha value is -3.36. The quantitative estimate of drug-likeness (QED) is 0.302. The molecule has 1 aliphatic heterocycles. The second kappa shape index (κ2) is 9.50. The summed E-state index contributed by atoms with van der Waals surface area (Å²) < 4.78 is 7.48. The smallest absolute Gasteiger partial charge is 0.337 e. The molecule has 1 aromatic carbocycles. The molecule has 0 spiro atoms. The lowest BCUT2D eigenvalue weighted by Crippen LogP contribution is -2.33. The minimum absolute atomic E-state index is 0.155. The fourth-order valence-corrected chi connectivity index (χ4v) is 5.57. The molecule has 10 heteroatoms. The van der Waals surface area contributed by atoms with Crippen LogP contribution < -0.4 is 4.90 Å². The maximum Gasteiger partial charge on any atom is 0.337 e. The summed E-state index contributed by atoms with van der Waals surface area (Å²) >= 11 is 13.0. The molecule has 190 valence electrons. The Balaban J connectivity index is 1.22. The van der Waals surface area contributed by atoms with Crippen LogP contribution >= 0.6 is 23.2 Å². The molecule has 1 aliphatic carbocycles. The minimum Gasteiger partial charge on any atom is -0.478 e. The molecule has 4 heterocycles. The van der Waals surface area contributed by atoms with E-state index in [1.807, 2.05) is 25.2 Å². The van der Waals surface area contributed by atoms with E-state index < -0.39 is 5.97 Å². The van der Waals surface area contributed by atoms with Crippen molar-refractivity contribution in [1.29, 1.82) is 0 Å². The van der Waals surface area contributed by atoms with Gasteiger partial charge in [-0.3, -0.25) is 4.68 Å². The molecule has 0 atom stereocenters. The highest BCUT2D eigenvalue weighted by Crippen LogP contribution is 2.46. The molecule has 1 saturated carbocycles. The average Bonchev–Trinajstić information content (AvgIpc) is 3.57. The van der Waals surface area contributed by atoms with Gasteiger partial charge < -0.3 is 14.5 Å². The lowest BCUT2D eigenvalue weighted by atomic mass is 9.94. The van der Waals surface area contributed by atoms with E-state index >= 15 is 0 Å². The lowest BCUT2D eigenvalue weighted by Gasteiger charge is -2.30. The van der Waals surface area contributed by atoms with E-state index in [2.05, 4.69) is 32.3 Å². The summed E-state index contributed by atoms with van der Waals surface area (Å²) in [7, 11) is 1.81. The van der Waals surface area contributed by atoms with Crippen molar-refractivity contribution in [3.63, 3.8) is 0 Å². The highest BCUT2D eigenvalue weighted by Gasteiger charge is 2.33. The zero-order valence-electron chi connectivity index (χ0n) is 20.2. The van der Waals surface area contributed by atoms with Crippen LogP contribution in [0.2, 0.25) is 10.0 Å². The number of halogens is 2. The predicted octanol–water partition coefficient (Wildman–Crippen LogP) is 6.44. The Morgan fingerprint density at radius 2 is 1.89 bits per heavy atom. The van der Waals surface area contributed by atoms with E-state index in [4.69, 9.17) is 27.7 Å². The maximum absolute atomic E-state index is 11.3. The van der Waals surface area contributed by atoms with Crippen molar-refractivity contribution < 1.29 is 14.4 Å². The van der Waals surface area contributed by atoms with Crippen molar-refractivity contribution in [2.45, 2.75) is 31.6 Å². The van der Waals surface area contributed by atoms with Gasteiger partial charge in [-0.2, -0.15) is 5.10 Å². The minimum atomic E-state index is -0.998. The molecule has 0 radical (unpaired) electrons. The topological polar surface area (TPSA) is 97.3 Å². The van der Waals surface area contributed by atoms with Crippen LogP contribution in [0.15, 0.2) is 41.1 Å². The standard InChI is InChI=1S/C27H25Cl2N5O3/c1-33-21-13-17(27(35)36)14-30-24(21)26(31-33)34-11-9-15(10-12-34)5-8-18-23(32-37-25(18)16-6-7-16)22-19(28)3-2-4-20(22)29/h2-5,8,13-16H,6-7,9-12H2,1H3,(H,35,36). The second-order valence-corrected chi connectivity index (χ2v) is 10.5. The Labute approximate surface area is 223 Å². The first kappa shape index (κ1) is 24.0. The normalized spacial score (nSPS) is 16.8. The largest absolute Gasteiger partial charge is 0.478 e. The third-order valence-electron chi connectivity index (χ3n) is 7.20. The number of benzene rings is 1. The summed E-state index contributed by atoms with van der Waals surface area (Å²) in [5.74, 6) is 1.49. The summed E-state index contributed by atoms with van der Waals surface area (Å²) in [6.07, 6.45) is 9.88. The third-order valence-corrected chi connectivity index (χ3v) is 7.83. The van der Waals surface area contributed by atoms with Gasteiger partial charge in [0.05, 0.1) is 21.1 Å². The Morgan fingerprint density at radius 3 is 2.57 bits per heavy atom. The fourth-order valence-electron chi connectivity index (χ4n) is 5.00. The summed E-state index contributed by atoms with van der Waals surface area (Å²) in [5, 5.41) is 19.4. The van der Waals surface area contributed by atoms with Gasteiger partial charge in [0.25, 0.3) is 0 Å². The Morgan fingerprint density at radius 1 is 1.16 bits per heavy atom. The average molecular weight is 538 g/mol. The van der Waals surface area contributed by atoms with Gasteiger partial charge in [-0.15, -0.1) is 0 Å². The van der Waals surface area contributed by atoms with E-state index in [0.717, 1.165) is 61.4 Å². The molecule has 37 heavy (non-hydrogen) atoms. The van der Waals surface area contributed by atoms with Gasteiger partial charge in [0.1, 0.15) is 17.0 Å². The number of nitrogens with zero attached hydrogens (tertiary/aromatic N) is 5. The lowest BCUT2D eigenvalue weighted by molar-refractivity contribution is 0.0696. The van der Waals surface area contributed by atoms with Gasteiger partial charge in [0.15, 0.2) is 5.82 Å². The summed E-state index contributed by atoms with van der Waals surface area (Å²) in [5.41, 5.74) is 3.95. The van der Waals surface area contributed by atoms with Crippen molar-refractivity contribution >= 4 is 52.1 Å². The molecule has 3 aromatic heterocycles. The number of hydrogen-bond acceptors (Lipinski definition) is 6. The van der Waals surface area contributed by atoms with E-state index in [1.165, 1.54) is 6.20 Å². The van der Waals surface area contributed by atoms with E-state index in [0.29, 0.717) is 38.7 Å². The molecule has 0 bridgehead atoms. The molecule has 1 N–H and O–H groups in total. The van der Waals surface area contributed by atoms with Crippen molar-refractivity contribution in [3.05, 3.63) is 63.5 Å². The molecular weight excluding hydrogens is 513 g/mol. The van der Waals surface area contributed by atoms with Gasteiger partial charge >= 0.3 is 5.97 Å². The number of hydrogen-bond donors (Lipinski definition) is 1. The third kappa shape index (κ3) is 4.49. The molecule has 8 nitrogen and oxygen atoms in total. The summed E-state index contributed by atoms with van der Waals surface area (Å²) in [4.78, 5) is 18.0. The van der Waals surface area contributed by atoms with Crippen LogP contribution in [0, 0.1) is 5.92 Å². The Kier molecular flexibility index (Phi) is 6.16.